The second kappa shape index (κ2) is 4.98. The van der Waals surface area contributed by atoms with E-state index in [-0.39, 0.29) is 11.3 Å². The van der Waals surface area contributed by atoms with Crippen LogP contribution in [0.3, 0.4) is 0 Å². The van der Waals surface area contributed by atoms with Crippen LogP contribution in [0.5, 0.6) is 11.6 Å². The van der Waals surface area contributed by atoms with Crippen LogP contribution in [0.2, 0.25) is 0 Å². The fourth-order valence-corrected chi connectivity index (χ4v) is 1.65. The van der Waals surface area contributed by atoms with Gasteiger partial charge in [0, 0.05) is 6.54 Å². The van der Waals surface area contributed by atoms with E-state index in [9.17, 15) is 4.39 Å². The van der Waals surface area contributed by atoms with E-state index in [4.69, 9.17) is 15.7 Å². The summed E-state index contributed by atoms with van der Waals surface area (Å²) < 4.78 is 20.8. The first-order valence-electron chi connectivity index (χ1n) is 5.77. The molecule has 98 valence electrons. The molecule has 2 N–H and O–H groups in total. The average Bonchev–Trinajstić information content (AvgIpc) is 2.68. The molecule has 0 bridgehead atoms. The third-order valence-corrected chi connectivity index (χ3v) is 2.69. The lowest BCUT2D eigenvalue weighted by Crippen LogP contribution is -2.01. The molecule has 0 spiro atoms. The number of aryl methyl sites for hydroxylation is 2. The molecular formula is C13H13FN4O. The summed E-state index contributed by atoms with van der Waals surface area (Å²) in [7, 11) is 0. The van der Waals surface area contributed by atoms with Crippen LogP contribution in [0, 0.1) is 24.1 Å². The number of anilines is 1. The Hall–Kier alpha value is -2.55. The number of hydrogen-bond acceptors (Lipinski definition) is 4. The van der Waals surface area contributed by atoms with Gasteiger partial charge in [-0.15, -0.1) is 0 Å². The third kappa shape index (κ3) is 2.36. The number of halogens is 1. The summed E-state index contributed by atoms with van der Waals surface area (Å²) in [6.07, 6.45) is 0. The summed E-state index contributed by atoms with van der Waals surface area (Å²) in [4.78, 5) is 0. The second-order valence-electron chi connectivity index (χ2n) is 3.98. The van der Waals surface area contributed by atoms with Crippen molar-refractivity contribution in [2.45, 2.75) is 20.4 Å². The molecule has 0 aliphatic carbocycles. The first-order valence-corrected chi connectivity index (χ1v) is 5.77. The third-order valence-electron chi connectivity index (χ3n) is 2.69. The van der Waals surface area contributed by atoms with E-state index in [2.05, 4.69) is 5.10 Å². The summed E-state index contributed by atoms with van der Waals surface area (Å²) in [6.45, 7) is 4.20. The lowest BCUT2D eigenvalue weighted by atomic mass is 10.2. The molecule has 0 saturated carbocycles. The molecule has 0 aliphatic heterocycles. The van der Waals surface area contributed by atoms with Gasteiger partial charge in [-0.05, 0) is 32.0 Å². The highest BCUT2D eigenvalue weighted by atomic mass is 19.1. The van der Waals surface area contributed by atoms with Gasteiger partial charge in [-0.3, -0.25) is 0 Å². The molecule has 0 fully saturated rings. The van der Waals surface area contributed by atoms with Gasteiger partial charge in [0.05, 0.1) is 17.3 Å². The molecule has 1 heterocycles. The number of nitrogen functional groups attached to an aromatic ring is 1. The van der Waals surface area contributed by atoms with Crippen LogP contribution in [0.25, 0.3) is 0 Å². The van der Waals surface area contributed by atoms with Crippen molar-refractivity contribution in [3.63, 3.8) is 0 Å². The summed E-state index contributed by atoms with van der Waals surface area (Å²) >= 11 is 0. The minimum atomic E-state index is -0.611. The zero-order chi connectivity index (χ0) is 14.0. The van der Waals surface area contributed by atoms with Crippen LogP contribution >= 0.6 is 0 Å². The highest BCUT2D eigenvalue weighted by Gasteiger charge is 2.15. The molecule has 0 radical (unpaired) electrons. The first kappa shape index (κ1) is 12.9. The SMILES string of the molecule is CCn1nc(C)c(N)c1Oc1ccc(C#N)cc1F. The van der Waals surface area contributed by atoms with Gasteiger partial charge in [0.25, 0.3) is 0 Å². The van der Waals surface area contributed by atoms with Crippen LogP contribution < -0.4 is 10.5 Å². The number of nitrogens with two attached hydrogens (primary N) is 1. The van der Waals surface area contributed by atoms with Gasteiger partial charge in [-0.25, -0.2) is 9.07 Å². The Bertz CT molecular complexity index is 657. The molecule has 0 aliphatic rings. The standard InChI is InChI=1S/C13H13FN4O/c1-3-18-13(12(16)8(2)17-18)19-11-5-4-9(7-15)6-10(11)14/h4-6H,3,16H2,1-2H3. The normalized spacial score (nSPS) is 10.2. The molecule has 0 atom stereocenters. The largest absolute Gasteiger partial charge is 0.434 e. The predicted octanol–water partition coefficient (Wildman–Crippen LogP) is 2.60. The summed E-state index contributed by atoms with van der Waals surface area (Å²) in [5.41, 5.74) is 7.09. The van der Waals surface area contributed by atoms with Crippen molar-refractivity contribution < 1.29 is 9.13 Å². The Labute approximate surface area is 110 Å². The zero-order valence-corrected chi connectivity index (χ0v) is 10.6. The van der Waals surface area contributed by atoms with E-state index in [1.54, 1.807) is 11.6 Å². The van der Waals surface area contributed by atoms with Crippen molar-refractivity contribution >= 4 is 5.69 Å². The van der Waals surface area contributed by atoms with Gasteiger partial charge in [0.1, 0.15) is 5.69 Å². The Balaban J connectivity index is 2.39. The van der Waals surface area contributed by atoms with E-state index in [1.165, 1.54) is 12.1 Å². The minimum absolute atomic E-state index is 0.0142. The lowest BCUT2D eigenvalue weighted by Gasteiger charge is -2.09. The van der Waals surface area contributed by atoms with E-state index in [1.807, 2.05) is 13.0 Å². The van der Waals surface area contributed by atoms with Gasteiger partial charge >= 0.3 is 0 Å². The van der Waals surface area contributed by atoms with Crippen molar-refractivity contribution in [2.24, 2.45) is 0 Å². The predicted molar refractivity (Wildman–Crippen MR) is 68.2 cm³/mol. The number of benzene rings is 1. The number of nitriles is 1. The van der Waals surface area contributed by atoms with E-state index in [0.29, 0.717) is 23.8 Å². The highest BCUT2D eigenvalue weighted by Crippen LogP contribution is 2.31. The molecule has 6 heteroatoms. The fourth-order valence-electron chi connectivity index (χ4n) is 1.65. The number of hydrogen-bond donors (Lipinski definition) is 1. The molecule has 5 nitrogen and oxygen atoms in total. The van der Waals surface area contributed by atoms with Gasteiger partial charge in [0.15, 0.2) is 11.6 Å². The Morgan fingerprint density at radius 2 is 2.26 bits per heavy atom. The number of ether oxygens (including phenoxy) is 1. The van der Waals surface area contributed by atoms with Crippen LogP contribution in [0.4, 0.5) is 10.1 Å². The average molecular weight is 260 g/mol. The molecule has 0 unspecified atom stereocenters. The van der Waals surface area contributed by atoms with Gasteiger partial charge in [0.2, 0.25) is 5.88 Å². The first-order chi connectivity index (χ1) is 9.06. The highest BCUT2D eigenvalue weighted by molar-refractivity contribution is 5.54. The van der Waals surface area contributed by atoms with Crippen molar-refractivity contribution in [1.29, 1.82) is 5.26 Å². The molecule has 0 saturated heterocycles. The van der Waals surface area contributed by atoms with Gasteiger partial charge in [-0.1, -0.05) is 0 Å². The maximum absolute atomic E-state index is 13.8. The molecule has 2 aromatic rings. The molecule has 1 aromatic carbocycles. The van der Waals surface area contributed by atoms with Gasteiger partial charge in [-0.2, -0.15) is 10.4 Å². The quantitative estimate of drug-likeness (QED) is 0.920. The lowest BCUT2D eigenvalue weighted by molar-refractivity contribution is 0.395. The van der Waals surface area contributed by atoms with Crippen molar-refractivity contribution in [3.05, 3.63) is 35.3 Å². The summed E-state index contributed by atoms with van der Waals surface area (Å²) in [5, 5.41) is 12.9. The molecule has 1 aromatic heterocycles. The molecular weight excluding hydrogens is 247 g/mol. The molecule has 19 heavy (non-hydrogen) atoms. The Morgan fingerprint density at radius 1 is 1.53 bits per heavy atom. The zero-order valence-electron chi connectivity index (χ0n) is 10.6. The molecule has 2 rings (SSSR count). The number of aromatic nitrogens is 2. The maximum Gasteiger partial charge on any atom is 0.241 e. The van der Waals surface area contributed by atoms with E-state index < -0.39 is 5.82 Å². The van der Waals surface area contributed by atoms with Crippen LogP contribution in [-0.2, 0) is 6.54 Å². The van der Waals surface area contributed by atoms with E-state index in [0.717, 1.165) is 6.07 Å². The summed E-state index contributed by atoms with van der Waals surface area (Å²) in [5.74, 6) is -0.288. The Kier molecular flexibility index (Phi) is 3.38. The minimum Gasteiger partial charge on any atom is -0.434 e. The molecule has 0 amide bonds. The Morgan fingerprint density at radius 3 is 2.84 bits per heavy atom. The van der Waals surface area contributed by atoms with E-state index >= 15 is 0 Å². The number of rotatable bonds is 3. The van der Waals surface area contributed by atoms with Crippen LogP contribution in [-0.4, -0.2) is 9.78 Å². The smallest absolute Gasteiger partial charge is 0.241 e. The number of nitrogens with zero attached hydrogens (tertiary/aromatic N) is 3. The van der Waals surface area contributed by atoms with Crippen LogP contribution in [0.15, 0.2) is 18.2 Å². The maximum atomic E-state index is 13.8. The van der Waals surface area contributed by atoms with Gasteiger partial charge < -0.3 is 10.5 Å². The van der Waals surface area contributed by atoms with Crippen molar-refractivity contribution in [1.82, 2.24) is 9.78 Å². The fraction of sp³-hybridized carbons (Fsp3) is 0.231. The monoisotopic (exact) mass is 260 g/mol. The van der Waals surface area contributed by atoms with Crippen molar-refractivity contribution in [3.8, 4) is 17.7 Å². The summed E-state index contributed by atoms with van der Waals surface area (Å²) in [6, 6.07) is 5.85. The van der Waals surface area contributed by atoms with Crippen LogP contribution in [0.1, 0.15) is 18.2 Å². The second-order valence-corrected chi connectivity index (χ2v) is 3.98. The van der Waals surface area contributed by atoms with Crippen molar-refractivity contribution in [2.75, 3.05) is 5.73 Å². The topological polar surface area (TPSA) is 76.9 Å².